The third kappa shape index (κ3) is 2.45. The maximum absolute atomic E-state index is 12.6. The number of amides is 1. The van der Waals surface area contributed by atoms with Crippen molar-refractivity contribution < 1.29 is 9.90 Å². The highest BCUT2D eigenvalue weighted by molar-refractivity contribution is 5.78. The summed E-state index contributed by atoms with van der Waals surface area (Å²) in [4.78, 5) is 25.6. The van der Waals surface area contributed by atoms with Gasteiger partial charge in [0, 0.05) is 36.4 Å². The summed E-state index contributed by atoms with van der Waals surface area (Å²) < 4.78 is 0. The van der Waals surface area contributed by atoms with E-state index < -0.39 is 0 Å². The molecule has 2 N–H and O–H groups in total. The standard InChI is InChI=1S/C16H23N3O3/c1-2-16(10-20)9-12-5-6-13(16)19(12)15(22)8-4-11-3-7-14(21)18-17-11/h3,7,12-13,20H,2,4-6,8-10H2,1H3,(H,18,21)/t12-,13+,16-/m1/s1. The van der Waals surface area contributed by atoms with Crippen molar-refractivity contribution in [3.8, 4) is 0 Å². The van der Waals surface area contributed by atoms with Gasteiger partial charge in [0.15, 0.2) is 0 Å². The van der Waals surface area contributed by atoms with Crippen LogP contribution in [0.4, 0.5) is 0 Å². The number of nitrogens with one attached hydrogen (secondary N) is 1. The van der Waals surface area contributed by atoms with Gasteiger partial charge in [-0.05, 0) is 31.7 Å². The monoisotopic (exact) mass is 305 g/mol. The van der Waals surface area contributed by atoms with Gasteiger partial charge in [-0.15, -0.1) is 0 Å². The summed E-state index contributed by atoms with van der Waals surface area (Å²) in [5.41, 5.74) is 0.390. The van der Waals surface area contributed by atoms with Crippen LogP contribution < -0.4 is 5.56 Å². The van der Waals surface area contributed by atoms with Crippen LogP contribution in [0, 0.1) is 5.41 Å². The number of aromatic amines is 1. The highest BCUT2D eigenvalue weighted by Gasteiger charge is 2.55. The van der Waals surface area contributed by atoms with Gasteiger partial charge in [-0.1, -0.05) is 6.92 Å². The molecule has 0 radical (unpaired) electrons. The average Bonchev–Trinajstić information content (AvgIpc) is 3.10. The molecule has 1 aromatic rings. The fourth-order valence-corrected chi connectivity index (χ4v) is 4.21. The number of H-pyrrole nitrogens is 1. The topological polar surface area (TPSA) is 86.3 Å². The average molecular weight is 305 g/mol. The maximum atomic E-state index is 12.6. The van der Waals surface area contributed by atoms with Gasteiger partial charge >= 0.3 is 0 Å². The van der Waals surface area contributed by atoms with Crippen molar-refractivity contribution in [3.05, 3.63) is 28.2 Å². The lowest BCUT2D eigenvalue weighted by atomic mass is 9.72. The van der Waals surface area contributed by atoms with Crippen molar-refractivity contribution in [1.29, 1.82) is 0 Å². The van der Waals surface area contributed by atoms with Gasteiger partial charge in [-0.2, -0.15) is 5.10 Å². The summed E-state index contributed by atoms with van der Waals surface area (Å²) in [6, 6.07) is 3.56. The molecule has 3 rings (SSSR count). The number of aliphatic hydroxyl groups excluding tert-OH is 1. The predicted molar refractivity (Wildman–Crippen MR) is 81.3 cm³/mol. The van der Waals surface area contributed by atoms with Gasteiger partial charge in [0.1, 0.15) is 0 Å². The minimum atomic E-state index is -0.233. The Bertz CT molecular complexity index is 588. The molecule has 2 aliphatic heterocycles. The number of aliphatic hydroxyl groups is 1. The Hall–Kier alpha value is -1.69. The Morgan fingerprint density at radius 2 is 2.32 bits per heavy atom. The predicted octanol–water partition coefficient (Wildman–Crippen LogP) is 0.854. The van der Waals surface area contributed by atoms with Gasteiger partial charge < -0.3 is 10.0 Å². The minimum Gasteiger partial charge on any atom is -0.396 e. The Kier molecular flexibility index (Phi) is 4.04. The lowest BCUT2D eigenvalue weighted by molar-refractivity contribution is -0.133. The molecule has 2 saturated heterocycles. The molecule has 2 bridgehead atoms. The van der Waals surface area contributed by atoms with Crippen molar-refractivity contribution >= 4 is 5.91 Å². The van der Waals surface area contributed by atoms with Crippen LogP contribution >= 0.6 is 0 Å². The number of carbonyl (C=O) groups is 1. The number of hydrogen-bond acceptors (Lipinski definition) is 4. The van der Waals surface area contributed by atoms with Gasteiger partial charge in [-0.25, -0.2) is 5.10 Å². The molecule has 6 heteroatoms. The molecule has 22 heavy (non-hydrogen) atoms. The zero-order chi connectivity index (χ0) is 15.7. The highest BCUT2D eigenvalue weighted by atomic mass is 16.3. The van der Waals surface area contributed by atoms with Crippen molar-refractivity contribution in [1.82, 2.24) is 15.1 Å². The largest absolute Gasteiger partial charge is 0.396 e. The molecular weight excluding hydrogens is 282 g/mol. The Morgan fingerprint density at radius 3 is 2.91 bits per heavy atom. The van der Waals surface area contributed by atoms with Crippen LogP contribution in [-0.2, 0) is 11.2 Å². The van der Waals surface area contributed by atoms with E-state index in [4.69, 9.17) is 0 Å². The maximum Gasteiger partial charge on any atom is 0.264 e. The third-order valence-corrected chi connectivity index (χ3v) is 5.49. The Labute approximate surface area is 129 Å². The second kappa shape index (κ2) is 5.83. The zero-order valence-electron chi connectivity index (χ0n) is 12.9. The molecule has 2 aliphatic rings. The van der Waals surface area contributed by atoms with E-state index in [1.165, 1.54) is 6.07 Å². The highest BCUT2D eigenvalue weighted by Crippen LogP contribution is 2.51. The number of rotatable bonds is 5. The van der Waals surface area contributed by atoms with Crippen molar-refractivity contribution in [2.45, 2.75) is 57.5 Å². The lowest BCUT2D eigenvalue weighted by Gasteiger charge is -2.34. The first kappa shape index (κ1) is 15.2. The summed E-state index contributed by atoms with van der Waals surface area (Å²) in [5, 5.41) is 16.1. The molecule has 6 nitrogen and oxygen atoms in total. The zero-order valence-corrected chi connectivity index (χ0v) is 12.9. The first-order chi connectivity index (χ1) is 10.6. The Balaban J connectivity index is 1.66. The minimum absolute atomic E-state index is 0.102. The molecule has 0 aromatic carbocycles. The number of carbonyl (C=O) groups excluding carboxylic acids is 1. The third-order valence-electron chi connectivity index (χ3n) is 5.49. The molecule has 120 valence electrons. The number of aromatic nitrogens is 2. The van der Waals surface area contributed by atoms with Gasteiger partial charge in [0.25, 0.3) is 5.56 Å². The molecule has 3 heterocycles. The number of nitrogens with zero attached hydrogens (tertiary/aromatic N) is 2. The van der Waals surface area contributed by atoms with Crippen LogP contribution in [0.1, 0.15) is 44.7 Å². The van der Waals surface area contributed by atoms with Crippen LogP contribution in [0.25, 0.3) is 0 Å². The normalized spacial score (nSPS) is 30.0. The van der Waals surface area contributed by atoms with Crippen molar-refractivity contribution in [3.63, 3.8) is 0 Å². The molecule has 0 unspecified atom stereocenters. The van der Waals surface area contributed by atoms with Crippen LogP contribution in [0.15, 0.2) is 16.9 Å². The molecular formula is C16H23N3O3. The molecule has 0 aliphatic carbocycles. The van der Waals surface area contributed by atoms with Crippen LogP contribution in [-0.4, -0.2) is 44.8 Å². The van der Waals surface area contributed by atoms with Crippen LogP contribution in [0.5, 0.6) is 0 Å². The van der Waals surface area contributed by atoms with E-state index in [1.54, 1.807) is 6.07 Å². The van der Waals surface area contributed by atoms with Crippen LogP contribution in [0.3, 0.4) is 0 Å². The fraction of sp³-hybridized carbons (Fsp3) is 0.688. The summed E-state index contributed by atoms with van der Waals surface area (Å²) in [6.07, 6.45) is 4.82. The first-order valence-electron chi connectivity index (χ1n) is 8.06. The van der Waals surface area contributed by atoms with E-state index in [2.05, 4.69) is 17.1 Å². The van der Waals surface area contributed by atoms with Gasteiger partial charge in [0.05, 0.1) is 12.3 Å². The molecule has 2 fully saturated rings. The van der Waals surface area contributed by atoms with Gasteiger partial charge in [-0.3, -0.25) is 9.59 Å². The SMILES string of the molecule is CC[C@]1(CO)C[C@H]2CC[C@@H]1N2C(=O)CCc1ccc(=O)[nH]n1. The first-order valence-corrected chi connectivity index (χ1v) is 8.06. The van der Waals surface area contributed by atoms with E-state index in [0.29, 0.717) is 12.8 Å². The van der Waals surface area contributed by atoms with E-state index in [-0.39, 0.29) is 35.6 Å². The number of aryl methyl sites for hydroxylation is 1. The molecule has 1 aromatic heterocycles. The van der Waals surface area contributed by atoms with E-state index in [1.807, 2.05) is 4.90 Å². The summed E-state index contributed by atoms with van der Waals surface area (Å²) >= 11 is 0. The van der Waals surface area contributed by atoms with Crippen molar-refractivity contribution in [2.75, 3.05) is 6.61 Å². The summed E-state index contributed by atoms with van der Waals surface area (Å²) in [7, 11) is 0. The quantitative estimate of drug-likeness (QED) is 0.844. The van der Waals surface area contributed by atoms with E-state index >= 15 is 0 Å². The number of hydrogen-bond donors (Lipinski definition) is 2. The molecule has 0 spiro atoms. The van der Waals surface area contributed by atoms with Crippen molar-refractivity contribution in [2.24, 2.45) is 5.41 Å². The van der Waals surface area contributed by atoms with Gasteiger partial charge in [0.2, 0.25) is 5.91 Å². The molecule has 3 atom stereocenters. The second-order valence-electron chi connectivity index (χ2n) is 6.54. The van der Waals surface area contributed by atoms with E-state index in [9.17, 15) is 14.7 Å². The Morgan fingerprint density at radius 1 is 1.50 bits per heavy atom. The van der Waals surface area contributed by atoms with Crippen LogP contribution in [0.2, 0.25) is 0 Å². The summed E-state index contributed by atoms with van der Waals surface area (Å²) in [5.74, 6) is 0.143. The lowest BCUT2D eigenvalue weighted by Crippen LogP contribution is -2.42. The summed E-state index contributed by atoms with van der Waals surface area (Å²) in [6.45, 7) is 2.26. The second-order valence-corrected chi connectivity index (χ2v) is 6.54. The smallest absolute Gasteiger partial charge is 0.264 e. The fourth-order valence-electron chi connectivity index (χ4n) is 4.21. The number of fused-ring (bicyclic) bond motifs is 2. The molecule has 0 saturated carbocycles. The van der Waals surface area contributed by atoms with E-state index in [0.717, 1.165) is 31.4 Å². The molecule has 1 amide bonds.